The molecule has 0 aromatic heterocycles. The van der Waals surface area contributed by atoms with Crippen LogP contribution < -0.4 is 5.32 Å². The Kier molecular flexibility index (Phi) is 4.61. The Balaban J connectivity index is 2.08. The maximum absolute atomic E-state index is 12.4. The second kappa shape index (κ2) is 6.21. The maximum atomic E-state index is 12.4. The first-order chi connectivity index (χ1) is 8.72. The summed E-state index contributed by atoms with van der Waals surface area (Å²) in [6, 6.07) is 7.57. The van der Waals surface area contributed by atoms with Crippen LogP contribution in [0, 0.1) is 0 Å². The lowest BCUT2D eigenvalue weighted by Gasteiger charge is -2.24. The molecule has 98 valence electrons. The van der Waals surface area contributed by atoms with Crippen LogP contribution in [0.15, 0.2) is 24.3 Å². The van der Waals surface area contributed by atoms with Crippen molar-refractivity contribution < 1.29 is 4.79 Å². The van der Waals surface area contributed by atoms with Gasteiger partial charge in [-0.15, -0.1) is 0 Å². The highest BCUT2D eigenvalue weighted by Gasteiger charge is 2.28. The summed E-state index contributed by atoms with van der Waals surface area (Å²) in [6.07, 6.45) is 3.22. The number of hydrogen-bond acceptors (Lipinski definition) is 2. The molecule has 0 aliphatic carbocycles. The van der Waals surface area contributed by atoms with Crippen molar-refractivity contribution in [1.82, 2.24) is 10.2 Å². The summed E-state index contributed by atoms with van der Waals surface area (Å²) in [5.74, 6) is 0.108. The van der Waals surface area contributed by atoms with Crippen LogP contribution >= 0.6 is 11.6 Å². The second-order valence-corrected chi connectivity index (χ2v) is 5.13. The van der Waals surface area contributed by atoms with Crippen molar-refractivity contribution in [3.63, 3.8) is 0 Å². The van der Waals surface area contributed by atoms with Gasteiger partial charge in [-0.3, -0.25) is 4.79 Å². The van der Waals surface area contributed by atoms with Gasteiger partial charge in [0.2, 0.25) is 0 Å². The molecule has 18 heavy (non-hydrogen) atoms. The van der Waals surface area contributed by atoms with Gasteiger partial charge in [0.15, 0.2) is 0 Å². The predicted octanol–water partition coefficient (Wildman–Crippen LogP) is 2.55. The van der Waals surface area contributed by atoms with E-state index in [2.05, 4.69) is 5.32 Å². The molecule has 2 rings (SSSR count). The molecule has 0 saturated carbocycles. The van der Waals surface area contributed by atoms with E-state index in [-0.39, 0.29) is 5.91 Å². The average molecular weight is 267 g/mol. The van der Waals surface area contributed by atoms with Gasteiger partial charge in [-0.25, -0.2) is 0 Å². The van der Waals surface area contributed by atoms with Gasteiger partial charge in [-0.05, 0) is 51.1 Å². The van der Waals surface area contributed by atoms with Gasteiger partial charge in [0.1, 0.15) is 0 Å². The molecule has 1 aromatic rings. The number of hydrogen-bond donors (Lipinski definition) is 1. The second-order valence-electron chi connectivity index (χ2n) is 4.70. The van der Waals surface area contributed by atoms with Crippen molar-refractivity contribution in [2.45, 2.75) is 25.3 Å². The standard InChI is InChI=1S/C14H19ClN2O/c1-16-8-7-13-6-3-9-17(13)14(18)11-4-2-5-12(15)10-11/h2,4-5,10,13,16H,3,6-9H2,1H3. The van der Waals surface area contributed by atoms with Crippen molar-refractivity contribution in [3.8, 4) is 0 Å². The Hall–Kier alpha value is -1.06. The van der Waals surface area contributed by atoms with Gasteiger partial charge in [0.05, 0.1) is 0 Å². The first kappa shape index (κ1) is 13.4. The molecule has 0 bridgehead atoms. The molecule has 1 amide bonds. The monoisotopic (exact) mass is 266 g/mol. The highest BCUT2D eigenvalue weighted by atomic mass is 35.5. The molecule has 1 heterocycles. The van der Waals surface area contributed by atoms with Crippen LogP contribution in [-0.4, -0.2) is 37.0 Å². The van der Waals surface area contributed by atoms with Gasteiger partial charge in [0, 0.05) is 23.2 Å². The highest BCUT2D eigenvalue weighted by Crippen LogP contribution is 2.23. The van der Waals surface area contributed by atoms with Crippen LogP contribution in [0.5, 0.6) is 0 Å². The molecule has 1 aliphatic rings. The van der Waals surface area contributed by atoms with Crippen LogP contribution in [0.4, 0.5) is 0 Å². The minimum absolute atomic E-state index is 0.108. The van der Waals surface area contributed by atoms with E-state index in [4.69, 9.17) is 11.6 Å². The zero-order chi connectivity index (χ0) is 13.0. The summed E-state index contributed by atoms with van der Waals surface area (Å²) in [5.41, 5.74) is 0.693. The number of likely N-dealkylation sites (tertiary alicyclic amines) is 1. The molecule has 1 N–H and O–H groups in total. The fourth-order valence-corrected chi connectivity index (χ4v) is 2.69. The summed E-state index contributed by atoms with van der Waals surface area (Å²) in [4.78, 5) is 14.4. The normalized spacial score (nSPS) is 19.2. The van der Waals surface area contributed by atoms with Crippen molar-refractivity contribution in [1.29, 1.82) is 0 Å². The molecule has 0 spiro atoms. The molecule has 1 unspecified atom stereocenters. The van der Waals surface area contributed by atoms with Crippen LogP contribution in [0.2, 0.25) is 5.02 Å². The van der Waals surface area contributed by atoms with Crippen molar-refractivity contribution >= 4 is 17.5 Å². The number of amides is 1. The summed E-state index contributed by atoms with van der Waals surface area (Å²) in [6.45, 7) is 1.81. The topological polar surface area (TPSA) is 32.3 Å². The molecule has 1 saturated heterocycles. The number of nitrogens with zero attached hydrogens (tertiary/aromatic N) is 1. The number of rotatable bonds is 4. The third kappa shape index (κ3) is 3.03. The Labute approximate surface area is 113 Å². The Morgan fingerprint density at radius 3 is 3.11 bits per heavy atom. The van der Waals surface area contributed by atoms with Gasteiger partial charge in [-0.1, -0.05) is 17.7 Å². The smallest absolute Gasteiger partial charge is 0.254 e. The van der Waals surface area contributed by atoms with Crippen molar-refractivity contribution in [2.75, 3.05) is 20.1 Å². The largest absolute Gasteiger partial charge is 0.336 e. The fraction of sp³-hybridized carbons (Fsp3) is 0.500. The third-order valence-corrected chi connectivity index (χ3v) is 3.67. The van der Waals surface area contributed by atoms with E-state index in [1.165, 1.54) is 0 Å². The Morgan fingerprint density at radius 1 is 1.56 bits per heavy atom. The van der Waals surface area contributed by atoms with E-state index in [0.29, 0.717) is 16.6 Å². The lowest BCUT2D eigenvalue weighted by molar-refractivity contribution is 0.0731. The zero-order valence-electron chi connectivity index (χ0n) is 10.7. The molecule has 0 radical (unpaired) electrons. The molecule has 4 heteroatoms. The van der Waals surface area contributed by atoms with Crippen molar-refractivity contribution in [2.24, 2.45) is 0 Å². The Morgan fingerprint density at radius 2 is 2.39 bits per heavy atom. The van der Waals surface area contributed by atoms with E-state index < -0.39 is 0 Å². The number of benzene rings is 1. The molecule has 1 aromatic carbocycles. The molecule has 1 fully saturated rings. The van der Waals surface area contributed by atoms with Gasteiger partial charge in [-0.2, -0.15) is 0 Å². The minimum Gasteiger partial charge on any atom is -0.336 e. The van der Waals surface area contributed by atoms with Gasteiger partial charge < -0.3 is 10.2 Å². The molecule has 1 atom stereocenters. The Bertz CT molecular complexity index is 422. The van der Waals surface area contributed by atoms with Crippen LogP contribution in [0.3, 0.4) is 0 Å². The maximum Gasteiger partial charge on any atom is 0.254 e. The van der Waals surface area contributed by atoms with E-state index in [1.54, 1.807) is 12.1 Å². The van der Waals surface area contributed by atoms with E-state index in [9.17, 15) is 4.79 Å². The first-order valence-corrected chi connectivity index (χ1v) is 6.81. The molecular formula is C14H19ClN2O. The van der Waals surface area contributed by atoms with Gasteiger partial charge in [0.25, 0.3) is 5.91 Å². The summed E-state index contributed by atoms with van der Waals surface area (Å²) >= 11 is 5.93. The third-order valence-electron chi connectivity index (χ3n) is 3.44. The SMILES string of the molecule is CNCCC1CCCN1C(=O)c1cccc(Cl)c1. The van der Waals surface area contributed by atoms with Crippen LogP contribution in [0.25, 0.3) is 0 Å². The first-order valence-electron chi connectivity index (χ1n) is 6.43. The van der Waals surface area contributed by atoms with Crippen LogP contribution in [-0.2, 0) is 0 Å². The fourth-order valence-electron chi connectivity index (χ4n) is 2.50. The van der Waals surface area contributed by atoms with Crippen LogP contribution in [0.1, 0.15) is 29.6 Å². The average Bonchev–Trinajstić information content (AvgIpc) is 2.83. The van der Waals surface area contributed by atoms with E-state index in [1.807, 2.05) is 24.1 Å². The van der Waals surface area contributed by atoms with Crippen molar-refractivity contribution in [3.05, 3.63) is 34.9 Å². The van der Waals surface area contributed by atoms with Gasteiger partial charge >= 0.3 is 0 Å². The zero-order valence-corrected chi connectivity index (χ0v) is 11.4. The van der Waals surface area contributed by atoms with E-state index in [0.717, 1.165) is 32.4 Å². The van der Waals surface area contributed by atoms with E-state index >= 15 is 0 Å². The summed E-state index contributed by atoms with van der Waals surface area (Å²) < 4.78 is 0. The molecule has 1 aliphatic heterocycles. The number of nitrogens with one attached hydrogen (secondary N) is 1. The lowest BCUT2D eigenvalue weighted by Crippen LogP contribution is -2.37. The molecule has 3 nitrogen and oxygen atoms in total. The number of halogens is 1. The predicted molar refractivity (Wildman–Crippen MR) is 74.1 cm³/mol. The number of carbonyl (C=O) groups excluding carboxylic acids is 1. The quantitative estimate of drug-likeness (QED) is 0.908. The summed E-state index contributed by atoms with van der Waals surface area (Å²) in [7, 11) is 1.94. The highest BCUT2D eigenvalue weighted by molar-refractivity contribution is 6.30. The number of carbonyl (C=O) groups is 1. The molecular weight excluding hydrogens is 248 g/mol. The minimum atomic E-state index is 0.108. The summed E-state index contributed by atoms with van der Waals surface area (Å²) in [5, 5.41) is 3.76. The lowest BCUT2D eigenvalue weighted by atomic mass is 10.1.